The van der Waals surface area contributed by atoms with Gasteiger partial charge in [0.05, 0.1) is 18.2 Å². The van der Waals surface area contributed by atoms with Crippen molar-refractivity contribution in [1.82, 2.24) is 4.98 Å². The predicted octanol–water partition coefficient (Wildman–Crippen LogP) is 2.31. The smallest absolute Gasteiger partial charge is 0.265 e. The van der Waals surface area contributed by atoms with Crippen molar-refractivity contribution in [3.63, 3.8) is 0 Å². The van der Waals surface area contributed by atoms with Gasteiger partial charge in [0, 0.05) is 22.8 Å². The standard InChI is InChI=1S/C9H8BrF2N3/c10-8-5(3-14)6(9(11)12)4-15-7(8)1-2-13/h4,9H,1,3,14H2. The molecule has 0 unspecified atom stereocenters. The first-order valence-electron chi connectivity index (χ1n) is 4.13. The second-order valence-electron chi connectivity index (χ2n) is 2.79. The van der Waals surface area contributed by atoms with Crippen LogP contribution in [-0.4, -0.2) is 4.98 Å². The van der Waals surface area contributed by atoms with E-state index in [4.69, 9.17) is 11.0 Å². The quantitative estimate of drug-likeness (QED) is 0.921. The van der Waals surface area contributed by atoms with E-state index in [1.54, 1.807) is 0 Å². The molecule has 0 aliphatic carbocycles. The van der Waals surface area contributed by atoms with Crippen molar-refractivity contribution in [2.24, 2.45) is 5.73 Å². The fourth-order valence-electron chi connectivity index (χ4n) is 1.18. The zero-order chi connectivity index (χ0) is 11.4. The third-order valence-corrected chi connectivity index (χ3v) is 2.85. The maximum absolute atomic E-state index is 12.5. The van der Waals surface area contributed by atoms with Crippen LogP contribution in [0, 0.1) is 11.3 Å². The second-order valence-corrected chi connectivity index (χ2v) is 3.59. The number of aromatic nitrogens is 1. The lowest BCUT2D eigenvalue weighted by atomic mass is 10.1. The molecule has 6 heteroatoms. The van der Waals surface area contributed by atoms with Crippen LogP contribution in [0.25, 0.3) is 0 Å². The lowest BCUT2D eigenvalue weighted by Gasteiger charge is -2.10. The van der Waals surface area contributed by atoms with E-state index in [2.05, 4.69) is 20.9 Å². The molecule has 1 rings (SSSR count). The van der Waals surface area contributed by atoms with Gasteiger partial charge in [-0.3, -0.25) is 4.98 Å². The molecule has 1 aromatic heterocycles. The van der Waals surface area contributed by atoms with Crippen molar-refractivity contribution < 1.29 is 8.78 Å². The molecule has 3 nitrogen and oxygen atoms in total. The number of nitrogens with two attached hydrogens (primary N) is 1. The maximum Gasteiger partial charge on any atom is 0.265 e. The normalized spacial score (nSPS) is 10.4. The van der Waals surface area contributed by atoms with E-state index in [-0.39, 0.29) is 18.5 Å². The Hall–Kier alpha value is -1.06. The molecule has 0 amide bonds. The highest BCUT2D eigenvalue weighted by atomic mass is 79.9. The van der Waals surface area contributed by atoms with Gasteiger partial charge in [0.1, 0.15) is 0 Å². The predicted molar refractivity (Wildman–Crippen MR) is 54.1 cm³/mol. The fourth-order valence-corrected chi connectivity index (χ4v) is 1.81. The first kappa shape index (κ1) is 12.0. The molecule has 80 valence electrons. The minimum Gasteiger partial charge on any atom is -0.326 e. The zero-order valence-electron chi connectivity index (χ0n) is 7.67. The first-order chi connectivity index (χ1) is 7.11. The largest absolute Gasteiger partial charge is 0.326 e. The van der Waals surface area contributed by atoms with Crippen LogP contribution in [0.1, 0.15) is 23.2 Å². The van der Waals surface area contributed by atoms with Gasteiger partial charge in [-0.15, -0.1) is 0 Å². The highest BCUT2D eigenvalue weighted by Crippen LogP contribution is 2.29. The molecule has 0 spiro atoms. The summed E-state index contributed by atoms with van der Waals surface area (Å²) in [5.74, 6) is 0. The van der Waals surface area contributed by atoms with E-state index in [0.29, 0.717) is 15.7 Å². The summed E-state index contributed by atoms with van der Waals surface area (Å²) in [5.41, 5.74) is 5.93. The third-order valence-electron chi connectivity index (χ3n) is 1.91. The average Bonchev–Trinajstić information content (AvgIpc) is 2.20. The number of rotatable bonds is 3. The van der Waals surface area contributed by atoms with Crippen LogP contribution in [-0.2, 0) is 13.0 Å². The Kier molecular flexibility index (Phi) is 4.12. The van der Waals surface area contributed by atoms with Crippen LogP contribution in [0.4, 0.5) is 8.78 Å². The molecular weight excluding hydrogens is 268 g/mol. The molecule has 0 saturated carbocycles. The van der Waals surface area contributed by atoms with Crippen LogP contribution >= 0.6 is 15.9 Å². The van der Waals surface area contributed by atoms with E-state index in [9.17, 15) is 8.78 Å². The van der Waals surface area contributed by atoms with E-state index in [1.165, 1.54) is 0 Å². The molecule has 0 fully saturated rings. The van der Waals surface area contributed by atoms with Gasteiger partial charge in [0.25, 0.3) is 6.43 Å². The molecule has 1 aromatic rings. The number of halogens is 3. The summed E-state index contributed by atoms with van der Waals surface area (Å²) in [6.45, 7) is -0.0127. The van der Waals surface area contributed by atoms with Crippen LogP contribution in [0.5, 0.6) is 0 Å². The van der Waals surface area contributed by atoms with Gasteiger partial charge < -0.3 is 5.73 Å². The number of hydrogen-bond acceptors (Lipinski definition) is 3. The van der Waals surface area contributed by atoms with Gasteiger partial charge in [-0.2, -0.15) is 5.26 Å². The molecule has 1 heterocycles. The van der Waals surface area contributed by atoms with Gasteiger partial charge in [-0.25, -0.2) is 8.78 Å². The summed E-state index contributed by atoms with van der Waals surface area (Å²) in [5, 5.41) is 8.50. The molecule has 0 bridgehead atoms. The second kappa shape index (κ2) is 5.14. The van der Waals surface area contributed by atoms with Crippen molar-refractivity contribution >= 4 is 15.9 Å². The summed E-state index contributed by atoms with van der Waals surface area (Å²) >= 11 is 3.13. The van der Waals surface area contributed by atoms with Crippen molar-refractivity contribution in [2.45, 2.75) is 19.4 Å². The number of nitrogens with zero attached hydrogens (tertiary/aromatic N) is 2. The third kappa shape index (κ3) is 2.49. The number of pyridine rings is 1. The number of nitriles is 1. The van der Waals surface area contributed by atoms with Crippen molar-refractivity contribution in [2.75, 3.05) is 0 Å². The van der Waals surface area contributed by atoms with Crippen molar-refractivity contribution in [1.29, 1.82) is 5.26 Å². The Morgan fingerprint density at radius 2 is 2.27 bits per heavy atom. The lowest BCUT2D eigenvalue weighted by molar-refractivity contribution is 0.149. The molecule has 0 aliphatic heterocycles. The molecular formula is C9H8BrF2N3. The Morgan fingerprint density at radius 3 is 2.73 bits per heavy atom. The van der Waals surface area contributed by atoms with Gasteiger partial charge in [-0.1, -0.05) is 0 Å². The van der Waals surface area contributed by atoms with E-state index < -0.39 is 6.43 Å². The summed E-state index contributed by atoms with van der Waals surface area (Å²) in [6, 6.07) is 1.90. The monoisotopic (exact) mass is 275 g/mol. The highest BCUT2D eigenvalue weighted by Gasteiger charge is 2.17. The molecule has 0 aromatic carbocycles. The van der Waals surface area contributed by atoms with Gasteiger partial charge in [-0.05, 0) is 21.5 Å². The number of hydrogen-bond donors (Lipinski definition) is 1. The summed E-state index contributed by atoms with van der Waals surface area (Å²) < 4.78 is 25.5. The first-order valence-corrected chi connectivity index (χ1v) is 4.92. The minimum absolute atomic E-state index is 0.0127. The molecule has 0 aliphatic rings. The molecule has 0 atom stereocenters. The summed E-state index contributed by atoms with van der Waals surface area (Å²) in [6.07, 6.45) is -1.47. The maximum atomic E-state index is 12.5. The minimum atomic E-state index is -2.61. The van der Waals surface area contributed by atoms with E-state index in [0.717, 1.165) is 6.20 Å². The fraction of sp³-hybridized carbons (Fsp3) is 0.333. The average molecular weight is 276 g/mol. The van der Waals surface area contributed by atoms with Crippen LogP contribution < -0.4 is 5.73 Å². The Labute approximate surface area is 94.0 Å². The highest BCUT2D eigenvalue weighted by molar-refractivity contribution is 9.10. The SMILES string of the molecule is N#CCc1ncc(C(F)F)c(CN)c1Br. The topological polar surface area (TPSA) is 62.7 Å². The van der Waals surface area contributed by atoms with Crippen LogP contribution in [0.2, 0.25) is 0 Å². The summed E-state index contributed by atoms with van der Waals surface area (Å²) in [7, 11) is 0. The zero-order valence-corrected chi connectivity index (χ0v) is 9.26. The molecule has 0 saturated heterocycles. The van der Waals surface area contributed by atoms with Gasteiger partial charge >= 0.3 is 0 Å². The lowest BCUT2D eigenvalue weighted by Crippen LogP contribution is -2.07. The molecule has 0 radical (unpaired) electrons. The Bertz CT molecular complexity index is 401. The van der Waals surface area contributed by atoms with Gasteiger partial charge in [0.2, 0.25) is 0 Å². The van der Waals surface area contributed by atoms with E-state index >= 15 is 0 Å². The Balaban J connectivity index is 3.27. The molecule has 2 N–H and O–H groups in total. The Morgan fingerprint density at radius 1 is 1.60 bits per heavy atom. The number of alkyl halides is 2. The van der Waals surface area contributed by atoms with Gasteiger partial charge in [0.15, 0.2) is 0 Å². The van der Waals surface area contributed by atoms with Crippen LogP contribution in [0.15, 0.2) is 10.7 Å². The van der Waals surface area contributed by atoms with E-state index in [1.807, 2.05) is 6.07 Å². The van der Waals surface area contributed by atoms with Crippen LogP contribution in [0.3, 0.4) is 0 Å². The summed E-state index contributed by atoms with van der Waals surface area (Å²) in [4.78, 5) is 3.79. The van der Waals surface area contributed by atoms with Crippen molar-refractivity contribution in [3.8, 4) is 6.07 Å². The van der Waals surface area contributed by atoms with Crippen molar-refractivity contribution in [3.05, 3.63) is 27.5 Å². The molecule has 15 heavy (non-hydrogen) atoms.